The number of allylic oxidation sites excluding steroid dienone is 2. The van der Waals surface area contributed by atoms with Gasteiger partial charge in [-0.05, 0) is 44.9 Å². The summed E-state index contributed by atoms with van der Waals surface area (Å²) < 4.78 is 17.0. The van der Waals surface area contributed by atoms with E-state index in [1.54, 1.807) is 0 Å². The summed E-state index contributed by atoms with van der Waals surface area (Å²) in [6.07, 6.45) is 78.2. The van der Waals surface area contributed by atoms with Crippen LogP contribution in [0, 0.1) is 0 Å². The molecule has 0 spiro atoms. The van der Waals surface area contributed by atoms with Crippen LogP contribution in [-0.2, 0) is 28.6 Å². The number of rotatable bonds is 65. The minimum Gasteiger partial charge on any atom is -0.462 e. The molecule has 6 heteroatoms. The quantitative estimate of drug-likeness (QED) is 0.0261. The van der Waals surface area contributed by atoms with E-state index in [-0.39, 0.29) is 31.1 Å². The summed E-state index contributed by atoms with van der Waals surface area (Å²) >= 11 is 0. The van der Waals surface area contributed by atoms with Crippen LogP contribution in [0.3, 0.4) is 0 Å². The molecule has 0 fully saturated rings. The number of unbranched alkanes of at least 4 members (excludes halogenated alkanes) is 52. The number of esters is 3. The van der Waals surface area contributed by atoms with Crippen molar-refractivity contribution in [1.82, 2.24) is 0 Å². The number of carbonyl (C=O) groups excluding carboxylic acids is 3. The van der Waals surface area contributed by atoms with Crippen LogP contribution in [0.25, 0.3) is 0 Å². The molecule has 0 aliphatic carbocycles. The second-order valence-electron chi connectivity index (χ2n) is 23.8. The van der Waals surface area contributed by atoms with Gasteiger partial charge in [-0.2, -0.15) is 0 Å². The predicted molar refractivity (Wildman–Crippen MR) is 330 cm³/mol. The summed E-state index contributed by atoms with van der Waals surface area (Å²) in [4.78, 5) is 38.3. The number of hydrogen-bond donors (Lipinski definition) is 0. The molecule has 0 aliphatic heterocycles. The van der Waals surface area contributed by atoms with Crippen molar-refractivity contribution in [1.29, 1.82) is 0 Å². The second-order valence-corrected chi connectivity index (χ2v) is 23.8. The normalized spacial score (nSPS) is 12.0. The molecule has 0 aliphatic rings. The fraction of sp³-hybridized carbons (Fsp3) is 0.929. The average molecular weight is 1070 g/mol. The predicted octanol–water partition coefficient (Wildman–Crippen LogP) is 23.6. The third-order valence-electron chi connectivity index (χ3n) is 16.0. The van der Waals surface area contributed by atoms with Crippen LogP contribution < -0.4 is 0 Å². The van der Waals surface area contributed by atoms with Crippen LogP contribution in [0.4, 0.5) is 0 Å². The molecule has 0 bridgehead atoms. The van der Waals surface area contributed by atoms with E-state index in [9.17, 15) is 14.4 Å². The first kappa shape index (κ1) is 74.2. The Morgan fingerprint density at radius 2 is 0.434 bits per heavy atom. The molecule has 0 rings (SSSR count). The number of carbonyl (C=O) groups is 3. The Labute approximate surface area is 475 Å². The van der Waals surface area contributed by atoms with Crippen molar-refractivity contribution in [2.45, 2.75) is 406 Å². The molecular weight excluding hydrogens is 937 g/mol. The van der Waals surface area contributed by atoms with Gasteiger partial charge in [-0.15, -0.1) is 0 Å². The van der Waals surface area contributed by atoms with Crippen molar-refractivity contribution >= 4 is 17.9 Å². The molecule has 0 aromatic carbocycles. The van der Waals surface area contributed by atoms with E-state index in [0.29, 0.717) is 19.3 Å². The van der Waals surface area contributed by atoms with E-state index in [4.69, 9.17) is 14.2 Å². The summed E-state index contributed by atoms with van der Waals surface area (Å²) in [7, 11) is 0. The largest absolute Gasteiger partial charge is 0.462 e. The molecule has 450 valence electrons. The lowest BCUT2D eigenvalue weighted by molar-refractivity contribution is -0.167. The fourth-order valence-electron chi connectivity index (χ4n) is 10.8. The highest BCUT2D eigenvalue weighted by Crippen LogP contribution is 2.19. The molecular formula is C70H134O6. The lowest BCUT2D eigenvalue weighted by atomic mass is 10.0. The lowest BCUT2D eigenvalue weighted by Gasteiger charge is -2.18. The number of hydrogen-bond acceptors (Lipinski definition) is 6. The van der Waals surface area contributed by atoms with Crippen LogP contribution >= 0.6 is 0 Å². The Bertz CT molecular complexity index is 1180. The van der Waals surface area contributed by atoms with Crippen molar-refractivity contribution in [3.05, 3.63) is 12.2 Å². The van der Waals surface area contributed by atoms with E-state index in [2.05, 4.69) is 32.9 Å². The molecule has 0 aromatic heterocycles. The molecule has 0 N–H and O–H groups in total. The maximum Gasteiger partial charge on any atom is 0.306 e. The first-order chi connectivity index (χ1) is 37.5. The van der Waals surface area contributed by atoms with E-state index < -0.39 is 6.10 Å². The first-order valence-electron chi connectivity index (χ1n) is 34.7. The molecule has 0 saturated heterocycles. The summed E-state index contributed by atoms with van der Waals surface area (Å²) in [5.74, 6) is -0.834. The minimum atomic E-state index is -0.766. The molecule has 0 amide bonds. The highest BCUT2D eigenvalue weighted by Gasteiger charge is 2.19. The Kier molecular flexibility index (Phi) is 64.1. The van der Waals surface area contributed by atoms with Gasteiger partial charge < -0.3 is 14.2 Å². The van der Waals surface area contributed by atoms with Crippen LogP contribution in [0.15, 0.2) is 12.2 Å². The fourth-order valence-corrected chi connectivity index (χ4v) is 10.8. The highest BCUT2D eigenvalue weighted by molar-refractivity contribution is 5.71. The average Bonchev–Trinajstić information content (AvgIpc) is 3.42. The van der Waals surface area contributed by atoms with Gasteiger partial charge in [0.25, 0.3) is 0 Å². The summed E-state index contributed by atoms with van der Waals surface area (Å²) in [5, 5.41) is 0. The molecule has 0 radical (unpaired) electrons. The molecule has 0 saturated carbocycles. The number of ether oxygens (including phenoxy) is 3. The van der Waals surface area contributed by atoms with Gasteiger partial charge in [0.15, 0.2) is 6.10 Å². The van der Waals surface area contributed by atoms with Gasteiger partial charge in [0, 0.05) is 19.3 Å². The third-order valence-corrected chi connectivity index (χ3v) is 16.0. The summed E-state index contributed by atoms with van der Waals surface area (Å²) in [5.41, 5.74) is 0. The van der Waals surface area contributed by atoms with E-state index >= 15 is 0 Å². The van der Waals surface area contributed by atoms with E-state index in [1.165, 1.54) is 302 Å². The van der Waals surface area contributed by atoms with Gasteiger partial charge in [0.2, 0.25) is 0 Å². The first-order valence-corrected chi connectivity index (χ1v) is 34.7. The smallest absolute Gasteiger partial charge is 0.306 e. The van der Waals surface area contributed by atoms with Crippen LogP contribution in [0.2, 0.25) is 0 Å². The van der Waals surface area contributed by atoms with Gasteiger partial charge in [-0.3, -0.25) is 14.4 Å². The molecule has 6 nitrogen and oxygen atoms in total. The molecule has 0 heterocycles. The Hall–Kier alpha value is -1.85. The zero-order valence-electron chi connectivity index (χ0n) is 51.8. The lowest BCUT2D eigenvalue weighted by Crippen LogP contribution is -2.30. The van der Waals surface area contributed by atoms with Crippen molar-refractivity contribution in [2.75, 3.05) is 13.2 Å². The molecule has 0 aromatic rings. The van der Waals surface area contributed by atoms with E-state index in [1.807, 2.05) is 0 Å². The van der Waals surface area contributed by atoms with Crippen molar-refractivity contribution in [3.63, 3.8) is 0 Å². The van der Waals surface area contributed by atoms with Crippen LogP contribution in [0.1, 0.15) is 400 Å². The topological polar surface area (TPSA) is 78.9 Å². The Balaban J connectivity index is 4.14. The molecule has 76 heavy (non-hydrogen) atoms. The zero-order chi connectivity index (χ0) is 55.0. The van der Waals surface area contributed by atoms with Crippen molar-refractivity contribution in [2.24, 2.45) is 0 Å². The van der Waals surface area contributed by atoms with Crippen LogP contribution in [-0.4, -0.2) is 37.2 Å². The van der Waals surface area contributed by atoms with Gasteiger partial charge >= 0.3 is 17.9 Å². The standard InChI is InChI=1S/C70H134O6/c1-4-7-10-13-16-19-22-24-26-28-30-32-34-35-37-38-40-42-44-46-48-51-54-57-60-63-69(72)75-66-67(65-74-68(71)62-59-56-53-50-21-18-15-12-9-6-3)76-70(73)64-61-58-55-52-49-47-45-43-41-39-36-33-31-29-27-25-23-20-17-14-11-8-5-2/h29,31,67H,4-28,30,32-66H2,1-3H3/b31-29-. The molecule has 1 atom stereocenters. The van der Waals surface area contributed by atoms with Gasteiger partial charge in [-0.25, -0.2) is 0 Å². The maximum atomic E-state index is 12.9. The SMILES string of the molecule is CCCCCCCCCC/C=C\CCCCCCCCCCCCCC(=O)OC(COC(=O)CCCCCCCCCCCC)COC(=O)CCCCCCCCCCCCCCCCCCCCCCCCCCC. The van der Waals surface area contributed by atoms with E-state index in [0.717, 1.165) is 57.8 Å². The maximum absolute atomic E-state index is 12.9. The van der Waals surface area contributed by atoms with Crippen molar-refractivity contribution < 1.29 is 28.6 Å². The molecule has 1 unspecified atom stereocenters. The van der Waals surface area contributed by atoms with Gasteiger partial charge in [0.1, 0.15) is 13.2 Å². The summed E-state index contributed by atoms with van der Waals surface area (Å²) in [6.45, 7) is 6.71. The van der Waals surface area contributed by atoms with Crippen molar-refractivity contribution in [3.8, 4) is 0 Å². The summed E-state index contributed by atoms with van der Waals surface area (Å²) in [6, 6.07) is 0. The Morgan fingerprint density at radius 3 is 0.658 bits per heavy atom. The highest BCUT2D eigenvalue weighted by atomic mass is 16.6. The minimum absolute atomic E-state index is 0.0635. The third kappa shape index (κ3) is 63.0. The van der Waals surface area contributed by atoms with Crippen LogP contribution in [0.5, 0.6) is 0 Å². The monoisotopic (exact) mass is 1070 g/mol. The Morgan fingerprint density at radius 1 is 0.250 bits per heavy atom. The van der Waals surface area contributed by atoms with Gasteiger partial charge in [-0.1, -0.05) is 348 Å². The second kappa shape index (κ2) is 65.7. The zero-order valence-corrected chi connectivity index (χ0v) is 51.8. The van der Waals surface area contributed by atoms with Gasteiger partial charge in [0.05, 0.1) is 0 Å².